The monoisotopic (exact) mass is 376 g/mol. The highest BCUT2D eigenvalue weighted by Crippen LogP contribution is 2.16. The Labute approximate surface area is 155 Å². The van der Waals surface area contributed by atoms with E-state index < -0.39 is 17.6 Å². The van der Waals surface area contributed by atoms with E-state index >= 15 is 0 Å². The summed E-state index contributed by atoms with van der Waals surface area (Å²) in [6.07, 6.45) is 3.55. The number of benzene rings is 2. The van der Waals surface area contributed by atoms with Gasteiger partial charge in [0.25, 0.3) is 11.8 Å². The van der Waals surface area contributed by atoms with E-state index in [1.54, 1.807) is 12.1 Å². The Bertz CT molecular complexity index is 807. The van der Waals surface area contributed by atoms with Gasteiger partial charge in [-0.25, -0.2) is 4.39 Å². The molecule has 2 aromatic carbocycles. The summed E-state index contributed by atoms with van der Waals surface area (Å²) >= 11 is 5.65. The fraction of sp³-hybridized carbons (Fsp3) is 0.158. The van der Waals surface area contributed by atoms with Crippen LogP contribution in [-0.2, 0) is 16.0 Å². The molecule has 2 rings (SSSR count). The number of amides is 2. The molecule has 26 heavy (non-hydrogen) atoms. The molecule has 2 N–H and O–H groups in total. The van der Waals surface area contributed by atoms with Crippen LogP contribution in [0.2, 0.25) is 5.02 Å². The first-order valence-corrected chi connectivity index (χ1v) is 8.29. The summed E-state index contributed by atoms with van der Waals surface area (Å²) in [4.78, 5) is 23.3. The highest BCUT2D eigenvalue weighted by molar-refractivity contribution is 6.30. The van der Waals surface area contributed by atoms with Crippen molar-refractivity contribution in [1.29, 1.82) is 0 Å². The molecule has 0 unspecified atom stereocenters. The number of halogens is 2. The van der Waals surface area contributed by atoms with Gasteiger partial charge in [0.05, 0.1) is 5.02 Å². The zero-order valence-corrected chi connectivity index (χ0v) is 14.8. The van der Waals surface area contributed by atoms with E-state index in [2.05, 4.69) is 10.9 Å². The van der Waals surface area contributed by atoms with Crippen LogP contribution in [0.1, 0.15) is 18.1 Å². The summed E-state index contributed by atoms with van der Waals surface area (Å²) in [5.41, 5.74) is 6.17. The third kappa shape index (κ3) is 6.22. The molecular formula is C19H18ClFN2O3. The van der Waals surface area contributed by atoms with Gasteiger partial charge in [-0.05, 0) is 47.9 Å². The molecule has 2 amide bonds. The lowest BCUT2D eigenvalue weighted by atomic mass is 10.2. The lowest BCUT2D eigenvalue weighted by molar-refractivity contribution is -0.128. The molecular weight excluding hydrogens is 359 g/mol. The summed E-state index contributed by atoms with van der Waals surface area (Å²) in [5, 5.41) is -0.0371. The predicted molar refractivity (Wildman–Crippen MR) is 98.0 cm³/mol. The van der Waals surface area contributed by atoms with Crippen LogP contribution in [0.5, 0.6) is 5.75 Å². The smallest absolute Gasteiger partial charge is 0.276 e. The molecule has 7 heteroatoms. The van der Waals surface area contributed by atoms with Crippen molar-refractivity contribution in [2.75, 3.05) is 6.61 Å². The standard InChI is InChI=1S/C19H18ClFN2O3/c1-2-13-3-7-15(8-4-13)26-12-19(25)23-22-18(24)10-6-14-5-9-17(21)16(20)11-14/h3-11H,2,12H2,1H3,(H,22,24)(H,23,25)/b10-6+. The molecule has 0 aliphatic carbocycles. The first-order chi connectivity index (χ1) is 12.5. The number of nitrogens with one attached hydrogen (secondary N) is 2. The second kappa shape index (κ2) is 9.58. The van der Waals surface area contributed by atoms with Crippen molar-refractivity contribution < 1.29 is 18.7 Å². The van der Waals surface area contributed by atoms with E-state index in [0.29, 0.717) is 11.3 Å². The average Bonchev–Trinajstić information content (AvgIpc) is 2.66. The van der Waals surface area contributed by atoms with Gasteiger partial charge in [-0.15, -0.1) is 0 Å². The van der Waals surface area contributed by atoms with E-state index in [1.807, 2.05) is 19.1 Å². The normalized spacial score (nSPS) is 10.6. The quantitative estimate of drug-likeness (QED) is 0.600. The maximum absolute atomic E-state index is 13.0. The summed E-state index contributed by atoms with van der Waals surface area (Å²) in [7, 11) is 0. The minimum atomic E-state index is -0.550. The van der Waals surface area contributed by atoms with Gasteiger partial charge < -0.3 is 4.74 Å². The molecule has 0 aromatic heterocycles. The van der Waals surface area contributed by atoms with Crippen LogP contribution in [0.15, 0.2) is 48.5 Å². The van der Waals surface area contributed by atoms with E-state index in [4.69, 9.17) is 16.3 Å². The molecule has 136 valence electrons. The van der Waals surface area contributed by atoms with Crippen molar-refractivity contribution in [1.82, 2.24) is 10.9 Å². The Morgan fingerprint density at radius 1 is 1.15 bits per heavy atom. The highest BCUT2D eigenvalue weighted by atomic mass is 35.5. The number of carbonyl (C=O) groups excluding carboxylic acids is 2. The number of hydrogen-bond acceptors (Lipinski definition) is 3. The number of rotatable bonds is 6. The van der Waals surface area contributed by atoms with Crippen LogP contribution < -0.4 is 15.6 Å². The van der Waals surface area contributed by atoms with E-state index in [0.717, 1.165) is 6.42 Å². The zero-order chi connectivity index (χ0) is 18.9. The molecule has 0 saturated heterocycles. The minimum Gasteiger partial charge on any atom is -0.484 e. The zero-order valence-electron chi connectivity index (χ0n) is 14.1. The molecule has 0 heterocycles. The first kappa shape index (κ1) is 19.5. The largest absolute Gasteiger partial charge is 0.484 e. The molecule has 5 nitrogen and oxygen atoms in total. The van der Waals surface area contributed by atoms with E-state index in [9.17, 15) is 14.0 Å². The predicted octanol–water partition coefficient (Wildman–Crippen LogP) is 3.28. The molecule has 0 spiro atoms. The Hall–Kier alpha value is -2.86. The summed E-state index contributed by atoms with van der Waals surface area (Å²) in [5.74, 6) is -1.02. The van der Waals surface area contributed by atoms with E-state index in [1.165, 1.54) is 35.9 Å². The Balaban J connectivity index is 1.74. The second-order valence-electron chi connectivity index (χ2n) is 5.33. The third-order valence-corrected chi connectivity index (χ3v) is 3.69. The van der Waals surface area contributed by atoms with Crippen LogP contribution in [0.25, 0.3) is 6.08 Å². The molecule has 0 aliphatic heterocycles. The van der Waals surface area contributed by atoms with Crippen molar-refractivity contribution in [3.05, 3.63) is 70.5 Å². The fourth-order valence-electron chi connectivity index (χ4n) is 1.97. The number of aryl methyl sites for hydroxylation is 1. The summed E-state index contributed by atoms with van der Waals surface area (Å²) < 4.78 is 18.4. The lowest BCUT2D eigenvalue weighted by Crippen LogP contribution is -2.43. The SMILES string of the molecule is CCc1ccc(OCC(=O)NNC(=O)/C=C/c2ccc(F)c(Cl)c2)cc1. The minimum absolute atomic E-state index is 0.0371. The summed E-state index contributed by atoms with van der Waals surface area (Å²) in [6.45, 7) is 1.81. The number of carbonyl (C=O) groups is 2. The fourth-order valence-corrected chi connectivity index (χ4v) is 2.16. The molecule has 0 fully saturated rings. The molecule has 0 atom stereocenters. The van der Waals surface area contributed by atoms with Crippen molar-refractivity contribution in [2.24, 2.45) is 0 Å². The van der Waals surface area contributed by atoms with Gasteiger partial charge >= 0.3 is 0 Å². The lowest BCUT2D eigenvalue weighted by Gasteiger charge is -2.08. The van der Waals surface area contributed by atoms with Gasteiger partial charge in [-0.1, -0.05) is 36.7 Å². The Morgan fingerprint density at radius 2 is 1.88 bits per heavy atom. The highest BCUT2D eigenvalue weighted by Gasteiger charge is 2.04. The van der Waals surface area contributed by atoms with Gasteiger partial charge in [0.2, 0.25) is 0 Å². The van der Waals surface area contributed by atoms with Crippen molar-refractivity contribution >= 4 is 29.5 Å². The number of ether oxygens (including phenoxy) is 1. The van der Waals surface area contributed by atoms with Crippen molar-refractivity contribution in [2.45, 2.75) is 13.3 Å². The van der Waals surface area contributed by atoms with Crippen LogP contribution in [0, 0.1) is 5.82 Å². The average molecular weight is 377 g/mol. The molecule has 0 aliphatic rings. The maximum atomic E-state index is 13.0. The molecule has 0 radical (unpaired) electrons. The Kier molecular flexibility index (Phi) is 7.17. The third-order valence-electron chi connectivity index (χ3n) is 3.40. The van der Waals surface area contributed by atoms with Crippen molar-refractivity contribution in [3.63, 3.8) is 0 Å². The van der Waals surface area contributed by atoms with E-state index in [-0.39, 0.29) is 11.6 Å². The van der Waals surface area contributed by atoms with Gasteiger partial charge in [-0.3, -0.25) is 20.4 Å². The van der Waals surface area contributed by atoms with Crippen LogP contribution in [0.4, 0.5) is 4.39 Å². The van der Waals surface area contributed by atoms with Gasteiger partial charge in [0.1, 0.15) is 11.6 Å². The van der Waals surface area contributed by atoms with Gasteiger partial charge in [0.15, 0.2) is 6.61 Å². The van der Waals surface area contributed by atoms with Crippen LogP contribution in [0.3, 0.4) is 0 Å². The topological polar surface area (TPSA) is 67.4 Å². The van der Waals surface area contributed by atoms with Crippen LogP contribution in [-0.4, -0.2) is 18.4 Å². The molecule has 2 aromatic rings. The van der Waals surface area contributed by atoms with Gasteiger partial charge in [-0.2, -0.15) is 0 Å². The van der Waals surface area contributed by atoms with Crippen LogP contribution >= 0.6 is 11.6 Å². The van der Waals surface area contributed by atoms with Crippen molar-refractivity contribution in [3.8, 4) is 5.75 Å². The number of hydrazine groups is 1. The Morgan fingerprint density at radius 3 is 2.54 bits per heavy atom. The molecule has 0 saturated carbocycles. The first-order valence-electron chi connectivity index (χ1n) is 7.91. The molecule has 0 bridgehead atoms. The maximum Gasteiger partial charge on any atom is 0.276 e. The van der Waals surface area contributed by atoms with Gasteiger partial charge in [0, 0.05) is 6.08 Å². The summed E-state index contributed by atoms with van der Waals surface area (Å²) in [6, 6.07) is 11.5. The number of hydrogen-bond donors (Lipinski definition) is 2. The second-order valence-corrected chi connectivity index (χ2v) is 5.74.